The Morgan fingerprint density at radius 3 is 2.82 bits per heavy atom. The number of piperidine rings is 1. The molecule has 8 nitrogen and oxygen atoms in total. The predicted molar refractivity (Wildman–Crippen MR) is 141 cm³/mol. The van der Waals surface area contributed by atoms with Gasteiger partial charge in [-0.3, -0.25) is 24.6 Å². The van der Waals surface area contributed by atoms with Crippen molar-refractivity contribution in [1.82, 2.24) is 20.1 Å². The van der Waals surface area contributed by atoms with Crippen molar-refractivity contribution in [2.24, 2.45) is 0 Å². The number of fused-ring (bicyclic) bond motifs is 2. The molecule has 0 radical (unpaired) electrons. The number of ether oxygens (including phenoxy) is 1. The lowest BCUT2D eigenvalue weighted by Gasteiger charge is -2.29. The first kappa shape index (κ1) is 24.1. The summed E-state index contributed by atoms with van der Waals surface area (Å²) in [5.74, 6) is 5.77. The Bertz CT molecular complexity index is 1520. The largest absolute Gasteiger partial charge is 0.489 e. The maximum atomic E-state index is 12.9. The van der Waals surface area contributed by atoms with Gasteiger partial charge in [-0.25, -0.2) is 4.98 Å². The Balaban J connectivity index is 1.07. The van der Waals surface area contributed by atoms with E-state index in [-0.39, 0.29) is 24.3 Å². The minimum absolute atomic E-state index is 0.0636. The van der Waals surface area contributed by atoms with Gasteiger partial charge in [-0.15, -0.1) is 0 Å². The van der Waals surface area contributed by atoms with Crippen molar-refractivity contribution >= 4 is 28.6 Å². The fraction of sp³-hybridized carbons (Fsp3) is 0.333. The van der Waals surface area contributed by atoms with Crippen LogP contribution >= 0.6 is 0 Å². The lowest BCUT2D eigenvalue weighted by atomic mass is 10.0. The van der Waals surface area contributed by atoms with Crippen LogP contribution in [0.4, 0.5) is 0 Å². The predicted octanol–water partition coefficient (Wildman–Crippen LogP) is 3.02. The average Bonchev–Trinajstić information content (AvgIpc) is 3.47. The molecule has 0 bridgehead atoms. The lowest BCUT2D eigenvalue weighted by molar-refractivity contribution is -0.136. The van der Waals surface area contributed by atoms with Crippen LogP contribution in [0.1, 0.15) is 53.4 Å². The molecule has 2 saturated heterocycles. The monoisotopic (exact) mass is 508 g/mol. The molecule has 1 N–H and O–H groups in total. The number of nitrogens with zero attached hydrogens (tertiary/aromatic N) is 3. The van der Waals surface area contributed by atoms with Gasteiger partial charge in [-0.2, -0.15) is 0 Å². The molecule has 4 heterocycles. The fourth-order valence-electron chi connectivity index (χ4n) is 5.58. The number of pyridine rings is 1. The summed E-state index contributed by atoms with van der Waals surface area (Å²) in [6.45, 7) is 4.76. The summed E-state index contributed by atoms with van der Waals surface area (Å²) in [5.41, 5.74) is 4.41. The Kier molecular flexibility index (Phi) is 6.30. The normalized spacial score (nSPS) is 21.3. The number of imide groups is 1. The van der Waals surface area contributed by atoms with Gasteiger partial charge in [0.15, 0.2) is 0 Å². The molecule has 3 aromatic rings. The van der Waals surface area contributed by atoms with E-state index in [4.69, 9.17) is 4.74 Å². The van der Waals surface area contributed by atoms with Gasteiger partial charge in [-0.1, -0.05) is 12.0 Å². The van der Waals surface area contributed by atoms with E-state index in [2.05, 4.69) is 51.3 Å². The number of nitrogens with one attached hydrogen (secondary N) is 1. The van der Waals surface area contributed by atoms with Gasteiger partial charge < -0.3 is 9.64 Å². The highest BCUT2D eigenvalue weighted by Crippen LogP contribution is 2.31. The smallest absolute Gasteiger partial charge is 0.255 e. The zero-order valence-corrected chi connectivity index (χ0v) is 21.2. The molecular formula is C30H28N4O4. The summed E-state index contributed by atoms with van der Waals surface area (Å²) in [6, 6.07) is 15.3. The van der Waals surface area contributed by atoms with Crippen LogP contribution in [-0.2, 0) is 22.7 Å². The second-order valence-electron chi connectivity index (χ2n) is 10.1. The molecule has 3 amide bonds. The molecule has 1 aromatic heterocycles. The average molecular weight is 509 g/mol. The topological polar surface area (TPSA) is 91.8 Å². The van der Waals surface area contributed by atoms with Crippen molar-refractivity contribution in [3.63, 3.8) is 0 Å². The molecule has 3 aliphatic rings. The number of carbonyl (C=O) groups is 3. The number of rotatable bonds is 5. The van der Waals surface area contributed by atoms with Crippen LogP contribution in [0.5, 0.6) is 5.75 Å². The molecule has 2 aromatic carbocycles. The van der Waals surface area contributed by atoms with Crippen molar-refractivity contribution in [2.75, 3.05) is 13.1 Å². The van der Waals surface area contributed by atoms with E-state index in [1.54, 1.807) is 11.0 Å². The van der Waals surface area contributed by atoms with Crippen LogP contribution in [0.15, 0.2) is 48.5 Å². The first-order valence-electron chi connectivity index (χ1n) is 13.0. The maximum Gasteiger partial charge on any atom is 0.255 e. The first-order valence-corrected chi connectivity index (χ1v) is 13.0. The van der Waals surface area contributed by atoms with Gasteiger partial charge in [-0.05, 0) is 79.3 Å². The van der Waals surface area contributed by atoms with Crippen LogP contribution in [0.3, 0.4) is 0 Å². The third-order valence-corrected chi connectivity index (χ3v) is 7.44. The van der Waals surface area contributed by atoms with Crippen molar-refractivity contribution in [3.05, 3.63) is 70.9 Å². The highest BCUT2D eigenvalue weighted by molar-refractivity contribution is 6.05. The van der Waals surface area contributed by atoms with Gasteiger partial charge in [0.25, 0.3) is 5.91 Å². The molecule has 0 spiro atoms. The lowest BCUT2D eigenvalue weighted by Crippen LogP contribution is -2.52. The maximum absolute atomic E-state index is 12.9. The summed E-state index contributed by atoms with van der Waals surface area (Å²) < 4.78 is 6.31. The highest BCUT2D eigenvalue weighted by Gasteiger charge is 2.39. The zero-order valence-electron chi connectivity index (χ0n) is 21.2. The van der Waals surface area contributed by atoms with Crippen molar-refractivity contribution < 1.29 is 19.1 Å². The number of aromatic nitrogens is 1. The van der Waals surface area contributed by atoms with E-state index in [9.17, 15) is 14.4 Å². The van der Waals surface area contributed by atoms with E-state index in [1.165, 1.54) is 5.56 Å². The minimum Gasteiger partial charge on any atom is -0.489 e. The first-order chi connectivity index (χ1) is 18.5. The number of carbonyl (C=O) groups excluding carboxylic acids is 3. The van der Waals surface area contributed by atoms with Crippen molar-refractivity contribution in [3.8, 4) is 17.6 Å². The van der Waals surface area contributed by atoms with Crippen LogP contribution in [0.2, 0.25) is 0 Å². The Morgan fingerprint density at radius 1 is 1.08 bits per heavy atom. The summed E-state index contributed by atoms with van der Waals surface area (Å²) >= 11 is 0. The van der Waals surface area contributed by atoms with Gasteiger partial charge in [0.2, 0.25) is 11.8 Å². The molecule has 2 atom stereocenters. The third kappa shape index (κ3) is 4.73. The number of hydrogen-bond donors (Lipinski definition) is 1. The molecule has 0 aliphatic carbocycles. The van der Waals surface area contributed by atoms with Crippen molar-refractivity contribution in [2.45, 2.75) is 51.4 Å². The Labute approximate surface area is 221 Å². The molecule has 8 heteroatoms. The number of likely N-dealkylation sites (tertiary alicyclic amines) is 1. The SMILES string of the molecule is CC#Cc1ccc2cc(CN3CC[C@H](Oc4ccc5c(c4)CN(C4CCC(=O)NC4=O)C5=O)C3)ccc2n1. The number of amides is 3. The fourth-order valence-corrected chi connectivity index (χ4v) is 5.58. The summed E-state index contributed by atoms with van der Waals surface area (Å²) in [5, 5.41) is 3.45. The van der Waals surface area contributed by atoms with Gasteiger partial charge in [0.05, 0.1) is 5.52 Å². The standard InChI is InChI=1S/C30H28N4O4/c1-2-3-22-6-5-20-14-19(4-9-26(20)31-22)16-33-13-12-24(18-33)38-23-7-8-25-21(15-23)17-34(30(25)37)27-10-11-28(35)32-29(27)36/h4-9,14-15,24,27H,10-13,16-18H2,1H3,(H,32,35,36)/t24-,27?/m0/s1. The summed E-state index contributed by atoms with van der Waals surface area (Å²) in [6.07, 6.45) is 1.59. The quantitative estimate of drug-likeness (QED) is 0.421. The van der Waals surface area contributed by atoms with Crippen LogP contribution in [-0.4, -0.2) is 57.7 Å². The highest BCUT2D eigenvalue weighted by atomic mass is 16.5. The minimum atomic E-state index is -0.613. The molecule has 3 aliphatic heterocycles. The molecular weight excluding hydrogens is 480 g/mol. The number of hydrogen-bond acceptors (Lipinski definition) is 6. The van der Waals surface area contributed by atoms with E-state index in [1.807, 2.05) is 25.1 Å². The van der Waals surface area contributed by atoms with Gasteiger partial charge in [0, 0.05) is 43.5 Å². The third-order valence-electron chi connectivity index (χ3n) is 7.44. The number of benzene rings is 2. The van der Waals surface area contributed by atoms with E-state index in [0.717, 1.165) is 54.0 Å². The molecule has 192 valence electrons. The van der Waals surface area contributed by atoms with E-state index >= 15 is 0 Å². The van der Waals surface area contributed by atoms with E-state index < -0.39 is 11.9 Å². The molecule has 6 rings (SSSR count). The van der Waals surface area contributed by atoms with Crippen LogP contribution in [0.25, 0.3) is 10.9 Å². The van der Waals surface area contributed by atoms with Gasteiger partial charge in [0.1, 0.15) is 23.6 Å². The second kappa shape index (κ2) is 9.92. The summed E-state index contributed by atoms with van der Waals surface area (Å²) in [7, 11) is 0. The molecule has 0 saturated carbocycles. The Morgan fingerprint density at radius 2 is 1.97 bits per heavy atom. The Hall–Kier alpha value is -4.22. The molecule has 1 unspecified atom stereocenters. The van der Waals surface area contributed by atoms with E-state index in [0.29, 0.717) is 18.5 Å². The van der Waals surface area contributed by atoms with Crippen LogP contribution < -0.4 is 10.1 Å². The second-order valence-corrected chi connectivity index (χ2v) is 10.1. The molecule has 38 heavy (non-hydrogen) atoms. The molecule has 2 fully saturated rings. The van der Waals surface area contributed by atoms with Crippen molar-refractivity contribution in [1.29, 1.82) is 0 Å². The van der Waals surface area contributed by atoms with Crippen LogP contribution in [0, 0.1) is 11.8 Å². The van der Waals surface area contributed by atoms with Gasteiger partial charge >= 0.3 is 0 Å². The summed E-state index contributed by atoms with van der Waals surface area (Å²) in [4.78, 5) is 45.2. The zero-order chi connectivity index (χ0) is 26.2.